The topological polar surface area (TPSA) is 84.6 Å². The van der Waals surface area contributed by atoms with E-state index in [2.05, 4.69) is 4.99 Å². The minimum atomic E-state index is -0.130. The van der Waals surface area contributed by atoms with E-state index in [0.29, 0.717) is 0 Å². The summed E-state index contributed by atoms with van der Waals surface area (Å²) in [5.74, 6) is 0.0379. The fourth-order valence-electron chi connectivity index (χ4n) is 0.472. The number of aliphatic hydroxyl groups is 1. The highest BCUT2D eigenvalue weighted by Gasteiger charge is 1.99. The first kappa shape index (κ1) is 8.23. The van der Waals surface area contributed by atoms with Gasteiger partial charge in [-0.1, -0.05) is 6.92 Å². The van der Waals surface area contributed by atoms with E-state index in [-0.39, 0.29) is 18.6 Å². The van der Waals surface area contributed by atoms with Gasteiger partial charge in [0.2, 0.25) is 0 Å². The summed E-state index contributed by atoms with van der Waals surface area (Å²) in [4.78, 5) is 3.74. The summed E-state index contributed by atoms with van der Waals surface area (Å²) in [5.41, 5.74) is 10.1. The summed E-state index contributed by atoms with van der Waals surface area (Å²) in [7, 11) is 0. The Hall–Kier alpha value is -0.770. The van der Waals surface area contributed by atoms with Gasteiger partial charge in [-0.3, -0.25) is 0 Å². The van der Waals surface area contributed by atoms with E-state index < -0.39 is 0 Å². The highest BCUT2D eigenvalue weighted by molar-refractivity contribution is 5.75. The first-order valence-corrected chi connectivity index (χ1v) is 2.90. The molecule has 4 nitrogen and oxygen atoms in total. The van der Waals surface area contributed by atoms with Gasteiger partial charge in [-0.25, -0.2) is 4.99 Å². The van der Waals surface area contributed by atoms with Gasteiger partial charge < -0.3 is 16.6 Å². The van der Waals surface area contributed by atoms with Crippen molar-refractivity contribution in [3.05, 3.63) is 0 Å². The molecule has 0 aromatic carbocycles. The van der Waals surface area contributed by atoms with E-state index in [4.69, 9.17) is 16.6 Å². The van der Waals surface area contributed by atoms with Gasteiger partial charge in [-0.15, -0.1) is 0 Å². The summed E-state index contributed by atoms with van der Waals surface area (Å²) in [6, 6.07) is -0.130. The molecule has 0 rings (SSSR count). The molecule has 0 aromatic rings. The highest BCUT2D eigenvalue weighted by Crippen LogP contribution is 1.93. The van der Waals surface area contributed by atoms with E-state index in [1.165, 1.54) is 0 Å². The molecule has 0 saturated carbocycles. The van der Waals surface area contributed by atoms with Crippen LogP contribution in [0.25, 0.3) is 0 Å². The Kier molecular flexibility index (Phi) is 3.79. The van der Waals surface area contributed by atoms with Crippen molar-refractivity contribution < 1.29 is 5.11 Å². The van der Waals surface area contributed by atoms with Crippen molar-refractivity contribution in [2.75, 3.05) is 6.61 Å². The molecule has 0 aliphatic rings. The maximum Gasteiger partial charge on any atom is 0.186 e. The molecule has 0 saturated heterocycles. The van der Waals surface area contributed by atoms with Gasteiger partial charge >= 0.3 is 0 Å². The molecule has 0 fully saturated rings. The fourth-order valence-corrected chi connectivity index (χ4v) is 0.472. The minimum Gasteiger partial charge on any atom is -0.394 e. The number of guanidine groups is 1. The third-order valence-corrected chi connectivity index (χ3v) is 1.01. The molecular weight excluding hydrogens is 118 g/mol. The van der Waals surface area contributed by atoms with Crippen molar-refractivity contribution >= 4 is 5.96 Å². The third-order valence-electron chi connectivity index (χ3n) is 1.01. The number of aliphatic imine (C=N–C) groups is 1. The van der Waals surface area contributed by atoms with Crippen molar-refractivity contribution in [3.63, 3.8) is 0 Å². The molecule has 9 heavy (non-hydrogen) atoms. The Morgan fingerprint density at radius 1 is 1.67 bits per heavy atom. The van der Waals surface area contributed by atoms with Crippen LogP contribution in [0.1, 0.15) is 13.3 Å². The third kappa shape index (κ3) is 3.78. The zero-order chi connectivity index (χ0) is 7.28. The zero-order valence-electron chi connectivity index (χ0n) is 5.54. The van der Waals surface area contributed by atoms with E-state index in [1.807, 2.05) is 6.92 Å². The highest BCUT2D eigenvalue weighted by atomic mass is 16.3. The van der Waals surface area contributed by atoms with Crippen LogP contribution in [-0.2, 0) is 0 Å². The van der Waals surface area contributed by atoms with Crippen LogP contribution < -0.4 is 11.5 Å². The van der Waals surface area contributed by atoms with Crippen molar-refractivity contribution in [1.29, 1.82) is 0 Å². The molecule has 0 spiro atoms. The van der Waals surface area contributed by atoms with E-state index >= 15 is 0 Å². The number of rotatable bonds is 3. The molecular formula is C5H13N3O. The number of hydrogen-bond donors (Lipinski definition) is 3. The summed E-state index contributed by atoms with van der Waals surface area (Å²) in [6.07, 6.45) is 0.758. The van der Waals surface area contributed by atoms with Crippen molar-refractivity contribution in [3.8, 4) is 0 Å². The van der Waals surface area contributed by atoms with E-state index in [9.17, 15) is 0 Å². The van der Waals surface area contributed by atoms with E-state index in [0.717, 1.165) is 6.42 Å². The van der Waals surface area contributed by atoms with Gasteiger partial charge in [-0.2, -0.15) is 0 Å². The fraction of sp³-hybridized carbons (Fsp3) is 0.800. The number of nitrogens with zero attached hydrogens (tertiary/aromatic N) is 1. The molecule has 0 aliphatic carbocycles. The Balaban J connectivity index is 3.68. The number of hydrogen-bond acceptors (Lipinski definition) is 2. The average Bonchev–Trinajstić information content (AvgIpc) is 1.82. The lowest BCUT2D eigenvalue weighted by atomic mass is 10.2. The van der Waals surface area contributed by atoms with Crippen molar-refractivity contribution in [2.45, 2.75) is 19.4 Å². The molecule has 0 heterocycles. The predicted molar refractivity (Wildman–Crippen MR) is 37.0 cm³/mol. The quantitative estimate of drug-likeness (QED) is 0.340. The maximum absolute atomic E-state index is 8.56. The van der Waals surface area contributed by atoms with Crippen LogP contribution >= 0.6 is 0 Å². The monoisotopic (exact) mass is 131 g/mol. The van der Waals surface area contributed by atoms with Crippen LogP contribution in [0.5, 0.6) is 0 Å². The van der Waals surface area contributed by atoms with E-state index in [1.54, 1.807) is 0 Å². The maximum atomic E-state index is 8.56. The van der Waals surface area contributed by atoms with Gasteiger partial charge in [0.25, 0.3) is 0 Å². The Morgan fingerprint density at radius 3 is 2.33 bits per heavy atom. The van der Waals surface area contributed by atoms with Crippen LogP contribution in [0.15, 0.2) is 4.99 Å². The smallest absolute Gasteiger partial charge is 0.186 e. The minimum absolute atomic E-state index is 0.00833. The second-order valence-corrected chi connectivity index (χ2v) is 1.80. The molecule has 0 radical (unpaired) electrons. The molecule has 5 N–H and O–H groups in total. The van der Waals surface area contributed by atoms with Crippen LogP contribution in [0.2, 0.25) is 0 Å². The van der Waals surface area contributed by atoms with Crippen LogP contribution in [-0.4, -0.2) is 23.7 Å². The summed E-state index contributed by atoms with van der Waals surface area (Å²) < 4.78 is 0. The standard InChI is InChI=1S/C5H13N3O/c1-2-4(3-9)8-5(6)7/h4,9H,2-3H2,1H3,(H4,6,7,8)/t4-/m0/s1. The molecule has 0 amide bonds. The zero-order valence-corrected chi connectivity index (χ0v) is 5.54. The van der Waals surface area contributed by atoms with Gasteiger partial charge in [0, 0.05) is 0 Å². The molecule has 1 atom stereocenters. The summed E-state index contributed by atoms with van der Waals surface area (Å²) >= 11 is 0. The Morgan fingerprint density at radius 2 is 2.22 bits per heavy atom. The molecule has 0 unspecified atom stereocenters. The second kappa shape index (κ2) is 4.14. The van der Waals surface area contributed by atoms with Gasteiger partial charge in [-0.05, 0) is 6.42 Å². The van der Waals surface area contributed by atoms with Gasteiger partial charge in [0.05, 0.1) is 12.6 Å². The summed E-state index contributed by atoms with van der Waals surface area (Å²) in [5, 5.41) is 8.56. The van der Waals surface area contributed by atoms with Crippen molar-refractivity contribution in [2.24, 2.45) is 16.5 Å². The Bertz CT molecular complexity index is 94.4. The molecule has 4 heteroatoms. The van der Waals surface area contributed by atoms with Crippen molar-refractivity contribution in [1.82, 2.24) is 0 Å². The lowest BCUT2D eigenvalue weighted by Crippen LogP contribution is -2.26. The largest absolute Gasteiger partial charge is 0.394 e. The van der Waals surface area contributed by atoms with Crippen LogP contribution in [0.4, 0.5) is 0 Å². The van der Waals surface area contributed by atoms with Gasteiger partial charge in [0.15, 0.2) is 5.96 Å². The normalized spacial score (nSPS) is 12.7. The lowest BCUT2D eigenvalue weighted by Gasteiger charge is -2.03. The van der Waals surface area contributed by atoms with Crippen LogP contribution in [0.3, 0.4) is 0 Å². The lowest BCUT2D eigenvalue weighted by molar-refractivity contribution is 0.264. The molecule has 0 aliphatic heterocycles. The first-order chi connectivity index (χ1) is 4.20. The molecule has 0 aromatic heterocycles. The first-order valence-electron chi connectivity index (χ1n) is 2.90. The van der Waals surface area contributed by atoms with Gasteiger partial charge in [0.1, 0.15) is 0 Å². The molecule has 0 bridgehead atoms. The van der Waals surface area contributed by atoms with Crippen LogP contribution in [0, 0.1) is 0 Å². The average molecular weight is 131 g/mol. The number of nitrogens with two attached hydrogens (primary N) is 2. The predicted octanol–water partition coefficient (Wildman–Crippen LogP) is -0.969. The SMILES string of the molecule is CC[C@@H](CO)N=C(N)N. The summed E-state index contributed by atoms with van der Waals surface area (Å²) in [6.45, 7) is 1.92. The molecule has 54 valence electrons. The Labute approximate surface area is 54.6 Å². The number of aliphatic hydroxyl groups excluding tert-OH is 1. The second-order valence-electron chi connectivity index (χ2n) is 1.80.